The maximum Gasteiger partial charge on any atom is 0.339 e. The second kappa shape index (κ2) is 4.18. The predicted octanol–water partition coefficient (Wildman–Crippen LogP) is 3.40. The van der Waals surface area contributed by atoms with E-state index in [9.17, 15) is 4.79 Å². The molecule has 0 amide bonds. The van der Waals surface area contributed by atoms with Gasteiger partial charge in [0.05, 0.1) is 5.52 Å². The maximum absolute atomic E-state index is 11.2. The van der Waals surface area contributed by atoms with Gasteiger partial charge in [-0.1, -0.05) is 36.7 Å². The molecule has 0 saturated heterocycles. The highest BCUT2D eigenvalue weighted by Gasteiger charge is 2.19. The third-order valence-electron chi connectivity index (χ3n) is 2.57. The minimum absolute atomic E-state index is 0.200. The monoisotopic (exact) mass is 237 g/mol. The summed E-state index contributed by atoms with van der Waals surface area (Å²) >= 11 is 6.11. The lowest BCUT2D eigenvalue weighted by Gasteiger charge is -2.03. The second-order valence-corrected chi connectivity index (χ2v) is 4.00. The average molecular weight is 238 g/mol. The zero-order valence-corrected chi connectivity index (χ0v) is 9.66. The van der Waals surface area contributed by atoms with Gasteiger partial charge >= 0.3 is 5.97 Å². The fourth-order valence-electron chi connectivity index (χ4n) is 1.92. The highest BCUT2D eigenvalue weighted by Crippen LogP contribution is 2.30. The molecule has 2 aromatic rings. The van der Waals surface area contributed by atoms with Gasteiger partial charge in [0.25, 0.3) is 0 Å². The Morgan fingerprint density at radius 2 is 2.12 bits per heavy atom. The van der Waals surface area contributed by atoms with Crippen molar-refractivity contribution in [3.63, 3.8) is 0 Å². The van der Waals surface area contributed by atoms with E-state index in [0.717, 1.165) is 18.5 Å². The Morgan fingerprint density at radius 3 is 2.75 bits per heavy atom. The minimum atomic E-state index is -0.976. The number of aryl methyl sites for hydroxylation is 1. The summed E-state index contributed by atoms with van der Waals surface area (Å²) in [5, 5.41) is 10.2. The highest BCUT2D eigenvalue weighted by molar-refractivity contribution is 6.35. The van der Waals surface area contributed by atoms with Gasteiger partial charge in [0.15, 0.2) is 0 Å². The predicted molar refractivity (Wildman–Crippen MR) is 64.2 cm³/mol. The number of fused-ring (bicyclic) bond motifs is 1. The summed E-state index contributed by atoms with van der Waals surface area (Å²) in [4.78, 5) is 11.2. The smallest absolute Gasteiger partial charge is 0.339 e. The molecule has 1 aromatic heterocycles. The molecule has 0 aliphatic heterocycles. The molecule has 0 radical (unpaired) electrons. The first-order valence-corrected chi connectivity index (χ1v) is 5.54. The topological polar surface area (TPSA) is 42.2 Å². The normalized spacial score (nSPS) is 10.9. The van der Waals surface area contributed by atoms with Crippen molar-refractivity contribution in [2.45, 2.75) is 19.9 Å². The fourth-order valence-corrected chi connectivity index (χ4v) is 2.28. The van der Waals surface area contributed by atoms with Crippen LogP contribution in [-0.4, -0.2) is 15.6 Å². The molecular weight excluding hydrogens is 226 g/mol. The van der Waals surface area contributed by atoms with Gasteiger partial charge in [0, 0.05) is 11.9 Å². The molecule has 3 nitrogen and oxygen atoms in total. The molecule has 1 aromatic carbocycles. The van der Waals surface area contributed by atoms with Crippen molar-refractivity contribution in [3.05, 3.63) is 35.0 Å². The summed E-state index contributed by atoms with van der Waals surface area (Å²) in [7, 11) is 0. The number of aromatic carboxylic acids is 1. The molecule has 1 heterocycles. The number of carboxylic acid groups (broad SMARTS) is 1. The summed E-state index contributed by atoms with van der Waals surface area (Å²) < 4.78 is 1.85. The van der Waals surface area contributed by atoms with Crippen molar-refractivity contribution in [2.75, 3.05) is 0 Å². The van der Waals surface area contributed by atoms with Crippen LogP contribution in [0, 0.1) is 0 Å². The van der Waals surface area contributed by atoms with Gasteiger partial charge in [0.2, 0.25) is 0 Å². The summed E-state index contributed by atoms with van der Waals surface area (Å²) in [5.41, 5.74) is 1.08. The molecule has 4 heteroatoms. The van der Waals surface area contributed by atoms with E-state index >= 15 is 0 Å². The molecule has 1 N–H and O–H groups in total. The van der Waals surface area contributed by atoms with E-state index < -0.39 is 5.97 Å². The number of hydrogen-bond acceptors (Lipinski definition) is 1. The lowest BCUT2D eigenvalue weighted by atomic mass is 10.2. The van der Waals surface area contributed by atoms with Crippen molar-refractivity contribution < 1.29 is 9.90 Å². The lowest BCUT2D eigenvalue weighted by molar-refractivity contribution is 0.0699. The Balaban J connectivity index is 2.80. The number of para-hydroxylation sites is 1. The molecule has 2 rings (SSSR count). The van der Waals surface area contributed by atoms with E-state index in [1.807, 2.05) is 29.7 Å². The van der Waals surface area contributed by atoms with Crippen LogP contribution in [0.15, 0.2) is 24.3 Å². The Morgan fingerprint density at radius 1 is 1.44 bits per heavy atom. The van der Waals surface area contributed by atoms with Gasteiger partial charge in [-0.05, 0) is 12.5 Å². The number of nitrogens with zero attached hydrogens (tertiary/aromatic N) is 1. The summed E-state index contributed by atoms with van der Waals surface area (Å²) in [6, 6.07) is 7.39. The van der Waals surface area contributed by atoms with Crippen molar-refractivity contribution in [2.24, 2.45) is 0 Å². The zero-order chi connectivity index (χ0) is 11.7. The van der Waals surface area contributed by atoms with Crippen LogP contribution in [0.3, 0.4) is 0 Å². The molecule has 0 atom stereocenters. The quantitative estimate of drug-likeness (QED) is 0.889. The molecule has 0 saturated carbocycles. The Bertz CT molecular complexity index is 545. The highest BCUT2D eigenvalue weighted by atomic mass is 35.5. The van der Waals surface area contributed by atoms with E-state index in [4.69, 9.17) is 16.7 Å². The van der Waals surface area contributed by atoms with Crippen LogP contribution in [0.1, 0.15) is 23.7 Å². The van der Waals surface area contributed by atoms with Crippen molar-refractivity contribution >= 4 is 28.5 Å². The molecule has 0 fully saturated rings. The van der Waals surface area contributed by atoms with Crippen LogP contribution in [-0.2, 0) is 6.54 Å². The largest absolute Gasteiger partial charge is 0.478 e. The maximum atomic E-state index is 11.2. The molecule has 0 aliphatic rings. The Hall–Kier alpha value is -1.48. The lowest BCUT2D eigenvalue weighted by Crippen LogP contribution is -1.99. The number of carbonyl (C=O) groups is 1. The van der Waals surface area contributed by atoms with E-state index in [1.165, 1.54) is 0 Å². The fraction of sp³-hybridized carbons (Fsp3) is 0.250. The molecule has 84 valence electrons. The van der Waals surface area contributed by atoms with Gasteiger partial charge in [-0.2, -0.15) is 0 Å². The number of carboxylic acids is 1. The van der Waals surface area contributed by atoms with Gasteiger partial charge in [-0.3, -0.25) is 0 Å². The SMILES string of the molecule is CCCn1c(Cl)c(C(=O)O)c2ccccc21. The molecule has 0 aliphatic carbocycles. The zero-order valence-electron chi connectivity index (χ0n) is 8.90. The van der Waals surface area contributed by atoms with E-state index in [1.54, 1.807) is 6.07 Å². The number of rotatable bonds is 3. The first-order valence-electron chi connectivity index (χ1n) is 5.16. The van der Waals surface area contributed by atoms with Gasteiger partial charge in [0.1, 0.15) is 10.7 Å². The average Bonchev–Trinajstić information content (AvgIpc) is 2.53. The molecular formula is C12H12ClNO2. The molecule has 0 unspecified atom stereocenters. The van der Waals surface area contributed by atoms with E-state index in [0.29, 0.717) is 10.5 Å². The third-order valence-corrected chi connectivity index (χ3v) is 2.96. The summed E-state index contributed by atoms with van der Waals surface area (Å²) in [5.74, 6) is -0.976. The Labute approximate surface area is 98.3 Å². The third kappa shape index (κ3) is 1.57. The standard InChI is InChI=1S/C12H12ClNO2/c1-2-7-14-9-6-4-3-5-8(9)10(11(14)13)12(15)16/h3-6H,2,7H2,1H3,(H,15,16). The van der Waals surface area contributed by atoms with Crippen molar-refractivity contribution in [1.82, 2.24) is 4.57 Å². The van der Waals surface area contributed by atoms with Gasteiger partial charge in [-0.25, -0.2) is 4.79 Å². The minimum Gasteiger partial charge on any atom is -0.478 e. The van der Waals surface area contributed by atoms with Crippen LogP contribution in [0.4, 0.5) is 0 Å². The number of aromatic nitrogens is 1. The van der Waals surface area contributed by atoms with Crippen LogP contribution in [0.5, 0.6) is 0 Å². The Kier molecular flexibility index (Phi) is 2.88. The molecule has 16 heavy (non-hydrogen) atoms. The number of benzene rings is 1. The molecule has 0 spiro atoms. The van der Waals surface area contributed by atoms with Crippen molar-refractivity contribution in [1.29, 1.82) is 0 Å². The van der Waals surface area contributed by atoms with Crippen LogP contribution < -0.4 is 0 Å². The van der Waals surface area contributed by atoms with E-state index in [2.05, 4.69) is 0 Å². The number of hydrogen-bond donors (Lipinski definition) is 1. The van der Waals surface area contributed by atoms with Crippen molar-refractivity contribution in [3.8, 4) is 0 Å². The second-order valence-electron chi connectivity index (χ2n) is 3.64. The van der Waals surface area contributed by atoms with Crippen LogP contribution in [0.25, 0.3) is 10.9 Å². The van der Waals surface area contributed by atoms with Crippen LogP contribution in [0.2, 0.25) is 5.15 Å². The first-order chi connectivity index (χ1) is 7.66. The number of halogens is 1. The van der Waals surface area contributed by atoms with E-state index in [-0.39, 0.29) is 5.56 Å². The summed E-state index contributed by atoms with van der Waals surface area (Å²) in [6.07, 6.45) is 0.914. The summed E-state index contributed by atoms with van der Waals surface area (Å²) in [6.45, 7) is 2.76. The van der Waals surface area contributed by atoms with Gasteiger partial charge in [-0.15, -0.1) is 0 Å². The first kappa shape index (κ1) is 11.0. The molecule has 0 bridgehead atoms. The van der Waals surface area contributed by atoms with Gasteiger partial charge < -0.3 is 9.67 Å². The van der Waals surface area contributed by atoms with Crippen LogP contribution >= 0.6 is 11.6 Å².